The fraction of sp³-hybridized carbons (Fsp3) is 0.296. The molecule has 1 N–H and O–H groups in total. The Morgan fingerprint density at radius 1 is 0.886 bits per heavy atom. The average molecular weight is 473 g/mol. The highest BCUT2D eigenvalue weighted by Gasteiger charge is 2.16. The van der Waals surface area contributed by atoms with Gasteiger partial charge in [0.25, 0.3) is 5.89 Å². The first kappa shape index (κ1) is 23.1. The predicted octanol–water partition coefficient (Wildman–Crippen LogP) is 4.56. The predicted molar refractivity (Wildman–Crippen MR) is 134 cm³/mol. The maximum atomic E-state index is 13.4. The third-order valence-electron chi connectivity index (χ3n) is 6.19. The molecule has 5 rings (SSSR count). The second-order valence-electron chi connectivity index (χ2n) is 8.75. The third-order valence-corrected chi connectivity index (χ3v) is 6.19. The number of hydrogen-bond donors (Lipinski definition) is 1. The molecule has 1 aliphatic rings. The van der Waals surface area contributed by atoms with Gasteiger partial charge < -0.3 is 14.7 Å². The van der Waals surface area contributed by atoms with Crippen LogP contribution >= 0.6 is 0 Å². The quantitative estimate of drug-likeness (QED) is 0.358. The van der Waals surface area contributed by atoms with Crippen LogP contribution in [0.3, 0.4) is 0 Å². The van der Waals surface area contributed by atoms with E-state index >= 15 is 0 Å². The Bertz CT molecular complexity index is 1210. The molecule has 0 atom stereocenters. The second-order valence-corrected chi connectivity index (χ2v) is 8.75. The van der Waals surface area contributed by atoms with E-state index in [0.29, 0.717) is 17.3 Å². The number of benzene rings is 2. The minimum Gasteiger partial charge on any atom is -0.370 e. The average Bonchev–Trinajstić information content (AvgIpc) is 3.39. The van der Waals surface area contributed by atoms with Gasteiger partial charge in [0.15, 0.2) is 0 Å². The molecule has 2 aromatic heterocycles. The molecule has 0 aliphatic carbocycles. The summed E-state index contributed by atoms with van der Waals surface area (Å²) < 4.78 is 18.8. The van der Waals surface area contributed by atoms with E-state index in [0.717, 1.165) is 63.6 Å². The van der Waals surface area contributed by atoms with E-state index in [-0.39, 0.29) is 5.82 Å². The van der Waals surface area contributed by atoms with Crippen LogP contribution in [-0.2, 0) is 6.54 Å². The van der Waals surface area contributed by atoms with Crippen molar-refractivity contribution in [1.29, 1.82) is 0 Å². The minimum atomic E-state index is -0.337. The number of nitrogens with one attached hydrogen (secondary N) is 1. The molecule has 0 unspecified atom stereocenters. The van der Waals surface area contributed by atoms with Crippen molar-refractivity contribution < 1.29 is 8.91 Å². The molecule has 1 aliphatic heterocycles. The van der Waals surface area contributed by atoms with E-state index in [4.69, 9.17) is 4.52 Å². The van der Waals surface area contributed by atoms with Gasteiger partial charge in [0, 0.05) is 51.0 Å². The maximum Gasteiger partial charge on any atom is 0.259 e. The highest BCUT2D eigenvalue weighted by atomic mass is 19.1. The zero-order chi connectivity index (χ0) is 23.9. The molecule has 180 valence electrons. The number of piperazine rings is 1. The molecule has 0 bridgehead atoms. The summed E-state index contributed by atoms with van der Waals surface area (Å²) in [6, 6.07) is 20.6. The zero-order valence-corrected chi connectivity index (χ0v) is 19.6. The van der Waals surface area contributed by atoms with Gasteiger partial charge in [0.05, 0.1) is 5.56 Å². The van der Waals surface area contributed by atoms with Crippen molar-refractivity contribution in [1.82, 2.24) is 24.9 Å². The molecule has 4 aromatic rings. The molecule has 0 amide bonds. The molecule has 35 heavy (non-hydrogen) atoms. The lowest BCUT2D eigenvalue weighted by atomic mass is 10.2. The highest BCUT2D eigenvalue weighted by Crippen LogP contribution is 2.23. The summed E-state index contributed by atoms with van der Waals surface area (Å²) in [6.45, 7) is 7.43. The summed E-state index contributed by atoms with van der Waals surface area (Å²) >= 11 is 0. The van der Waals surface area contributed by atoms with Crippen LogP contribution in [0.25, 0.3) is 22.8 Å². The Balaban J connectivity index is 1.03. The van der Waals surface area contributed by atoms with Crippen LogP contribution in [0.2, 0.25) is 0 Å². The fourth-order valence-corrected chi connectivity index (χ4v) is 4.24. The first-order valence-electron chi connectivity index (χ1n) is 12.0. The van der Waals surface area contributed by atoms with Crippen molar-refractivity contribution in [3.63, 3.8) is 0 Å². The van der Waals surface area contributed by atoms with E-state index < -0.39 is 0 Å². The van der Waals surface area contributed by atoms with Gasteiger partial charge in [-0.1, -0.05) is 47.6 Å². The molecule has 2 aromatic carbocycles. The van der Waals surface area contributed by atoms with Crippen molar-refractivity contribution in [3.8, 4) is 22.8 Å². The van der Waals surface area contributed by atoms with E-state index in [9.17, 15) is 4.39 Å². The van der Waals surface area contributed by atoms with Gasteiger partial charge in [-0.2, -0.15) is 4.98 Å². The molecule has 1 saturated heterocycles. The van der Waals surface area contributed by atoms with E-state index in [1.807, 2.05) is 12.1 Å². The number of pyridine rings is 1. The first-order valence-corrected chi connectivity index (χ1v) is 12.0. The smallest absolute Gasteiger partial charge is 0.259 e. The number of hydrogen-bond acceptors (Lipinski definition) is 7. The normalized spacial score (nSPS) is 14.8. The number of rotatable bonds is 9. The third kappa shape index (κ3) is 6.29. The van der Waals surface area contributed by atoms with Crippen LogP contribution in [0.1, 0.15) is 12.0 Å². The fourth-order valence-electron chi connectivity index (χ4n) is 4.24. The molecule has 3 heterocycles. The van der Waals surface area contributed by atoms with Crippen LogP contribution < -0.4 is 5.32 Å². The lowest BCUT2D eigenvalue weighted by Gasteiger charge is -2.34. The van der Waals surface area contributed by atoms with Gasteiger partial charge >= 0.3 is 0 Å². The van der Waals surface area contributed by atoms with Crippen molar-refractivity contribution in [2.24, 2.45) is 0 Å². The van der Waals surface area contributed by atoms with Crippen LogP contribution in [-0.4, -0.2) is 64.2 Å². The highest BCUT2D eigenvalue weighted by molar-refractivity contribution is 5.60. The first-order chi connectivity index (χ1) is 17.2. The number of anilines is 1. The molecule has 1 fully saturated rings. The Morgan fingerprint density at radius 2 is 1.71 bits per heavy atom. The molecular weight excluding hydrogens is 443 g/mol. The molecule has 0 saturated carbocycles. The van der Waals surface area contributed by atoms with Gasteiger partial charge in [-0.25, -0.2) is 9.37 Å². The Hall–Kier alpha value is -3.62. The standard InChI is InChI=1S/C27H29FN6O/c28-24-9-4-8-22(18-24)26-31-27(35-32-26)23-10-11-25(30-19-23)29-12-5-13-33-14-16-34(17-15-33)20-21-6-2-1-3-7-21/h1-4,6-11,18-19H,5,12-17,20H2,(H,29,30). The van der Waals surface area contributed by atoms with Crippen molar-refractivity contribution in [3.05, 3.63) is 84.3 Å². The topological polar surface area (TPSA) is 70.3 Å². The van der Waals surface area contributed by atoms with Crippen molar-refractivity contribution in [2.75, 3.05) is 44.6 Å². The van der Waals surface area contributed by atoms with E-state index in [2.05, 4.69) is 60.6 Å². The minimum absolute atomic E-state index is 0.337. The molecule has 0 spiro atoms. The van der Waals surface area contributed by atoms with Gasteiger partial charge in [-0.05, 0) is 42.8 Å². The molecular formula is C27H29FN6O. The van der Waals surface area contributed by atoms with Crippen LogP contribution in [0.5, 0.6) is 0 Å². The van der Waals surface area contributed by atoms with E-state index in [1.54, 1.807) is 18.3 Å². The maximum absolute atomic E-state index is 13.4. The molecule has 8 heteroatoms. The Morgan fingerprint density at radius 3 is 2.49 bits per heavy atom. The van der Waals surface area contributed by atoms with Gasteiger partial charge in [-0.3, -0.25) is 4.90 Å². The summed E-state index contributed by atoms with van der Waals surface area (Å²) in [4.78, 5) is 13.9. The zero-order valence-electron chi connectivity index (χ0n) is 19.6. The van der Waals surface area contributed by atoms with Gasteiger partial charge in [0.2, 0.25) is 5.82 Å². The molecule has 7 nitrogen and oxygen atoms in total. The lowest BCUT2D eigenvalue weighted by molar-refractivity contribution is 0.127. The largest absolute Gasteiger partial charge is 0.370 e. The summed E-state index contributed by atoms with van der Waals surface area (Å²) in [6.07, 6.45) is 2.76. The number of halogens is 1. The second kappa shape index (κ2) is 11.2. The van der Waals surface area contributed by atoms with E-state index in [1.165, 1.54) is 17.7 Å². The van der Waals surface area contributed by atoms with Gasteiger partial charge in [0.1, 0.15) is 11.6 Å². The van der Waals surface area contributed by atoms with Crippen LogP contribution in [0.15, 0.2) is 77.4 Å². The van der Waals surface area contributed by atoms with Crippen molar-refractivity contribution >= 4 is 5.82 Å². The lowest BCUT2D eigenvalue weighted by Crippen LogP contribution is -2.46. The van der Waals surface area contributed by atoms with Gasteiger partial charge in [-0.15, -0.1) is 0 Å². The van der Waals surface area contributed by atoms with Crippen LogP contribution in [0.4, 0.5) is 10.2 Å². The molecule has 0 radical (unpaired) electrons. The summed E-state index contributed by atoms with van der Waals surface area (Å²) in [7, 11) is 0. The monoisotopic (exact) mass is 472 g/mol. The Kier molecular flexibility index (Phi) is 7.41. The number of aromatic nitrogens is 3. The van der Waals surface area contributed by atoms with Crippen molar-refractivity contribution in [2.45, 2.75) is 13.0 Å². The number of nitrogens with zero attached hydrogens (tertiary/aromatic N) is 5. The van der Waals surface area contributed by atoms with Crippen LogP contribution in [0, 0.1) is 5.82 Å². The summed E-state index contributed by atoms with van der Waals surface area (Å²) in [5.41, 5.74) is 2.68. The SMILES string of the molecule is Fc1cccc(-c2noc(-c3ccc(NCCCN4CCN(Cc5ccccc5)CC4)nc3)n2)c1. The summed E-state index contributed by atoms with van der Waals surface area (Å²) in [5.74, 6) is 1.18. The Labute approximate surface area is 204 Å². The summed E-state index contributed by atoms with van der Waals surface area (Å²) in [5, 5.41) is 7.34.